The van der Waals surface area contributed by atoms with Crippen molar-refractivity contribution in [2.24, 2.45) is 0 Å². The highest BCUT2D eigenvalue weighted by atomic mass is 19.2. The minimum absolute atomic E-state index is 0.0508. The Morgan fingerprint density at radius 1 is 1.38 bits per heavy atom. The number of halogens is 2. The number of ketones is 1. The first kappa shape index (κ1) is 9.80. The number of alkyl halides is 2. The maximum Gasteiger partial charge on any atom is 0.299 e. The lowest BCUT2D eigenvalue weighted by Crippen LogP contribution is -2.35. The van der Waals surface area contributed by atoms with Gasteiger partial charge in [-0.15, -0.1) is 0 Å². The second-order valence-corrected chi connectivity index (χ2v) is 2.59. The average molecular weight is 186 g/mol. The van der Waals surface area contributed by atoms with E-state index in [2.05, 4.69) is 0 Å². The van der Waals surface area contributed by atoms with Crippen LogP contribution in [0.25, 0.3) is 0 Å². The van der Waals surface area contributed by atoms with Gasteiger partial charge in [-0.1, -0.05) is 30.3 Å². The van der Waals surface area contributed by atoms with Gasteiger partial charge in [-0.05, 0) is 0 Å². The normalized spacial score (nSPS) is 15.0. The molecule has 0 amide bonds. The SMILES string of the molecule is O=C(c1ccccc1)C(O)(F)CF. The molecule has 2 nitrogen and oxygen atoms in total. The molecule has 0 saturated heterocycles. The zero-order chi connectivity index (χ0) is 9.90. The van der Waals surface area contributed by atoms with Gasteiger partial charge in [0.05, 0.1) is 0 Å². The van der Waals surface area contributed by atoms with Gasteiger partial charge in [0, 0.05) is 5.56 Å². The third-order valence-electron chi connectivity index (χ3n) is 1.56. The van der Waals surface area contributed by atoms with Crippen molar-refractivity contribution >= 4 is 5.78 Å². The van der Waals surface area contributed by atoms with Gasteiger partial charge >= 0.3 is 0 Å². The summed E-state index contributed by atoms with van der Waals surface area (Å²) in [6.07, 6.45) is 0. The van der Waals surface area contributed by atoms with E-state index in [0.29, 0.717) is 0 Å². The van der Waals surface area contributed by atoms with Crippen molar-refractivity contribution in [3.63, 3.8) is 0 Å². The van der Waals surface area contributed by atoms with E-state index in [9.17, 15) is 13.6 Å². The van der Waals surface area contributed by atoms with Gasteiger partial charge in [0.1, 0.15) is 0 Å². The minimum Gasteiger partial charge on any atom is -0.354 e. The van der Waals surface area contributed by atoms with Gasteiger partial charge in [0.25, 0.3) is 5.85 Å². The van der Waals surface area contributed by atoms with Crippen LogP contribution in [0.15, 0.2) is 30.3 Å². The van der Waals surface area contributed by atoms with Crippen LogP contribution in [0.2, 0.25) is 0 Å². The molecule has 0 bridgehead atoms. The van der Waals surface area contributed by atoms with Crippen molar-refractivity contribution in [3.8, 4) is 0 Å². The van der Waals surface area contributed by atoms with Crippen molar-refractivity contribution in [1.29, 1.82) is 0 Å². The molecule has 70 valence electrons. The van der Waals surface area contributed by atoms with Crippen LogP contribution in [0, 0.1) is 0 Å². The average Bonchev–Trinajstić information content (AvgIpc) is 2.18. The zero-order valence-corrected chi connectivity index (χ0v) is 6.71. The lowest BCUT2D eigenvalue weighted by atomic mass is 10.1. The predicted octanol–water partition coefficient (Wildman–Crippen LogP) is 1.50. The summed E-state index contributed by atoms with van der Waals surface area (Å²) in [6, 6.07) is 7.25. The van der Waals surface area contributed by atoms with Gasteiger partial charge < -0.3 is 5.11 Å². The fourth-order valence-electron chi connectivity index (χ4n) is 0.871. The summed E-state index contributed by atoms with van der Waals surface area (Å²) in [5.74, 6) is -4.66. The van der Waals surface area contributed by atoms with Crippen LogP contribution in [-0.4, -0.2) is 23.4 Å². The molecule has 0 fully saturated rings. The van der Waals surface area contributed by atoms with E-state index in [1.54, 1.807) is 6.07 Å². The second-order valence-electron chi connectivity index (χ2n) is 2.59. The summed E-state index contributed by atoms with van der Waals surface area (Å²) in [4.78, 5) is 11.0. The van der Waals surface area contributed by atoms with E-state index >= 15 is 0 Å². The van der Waals surface area contributed by atoms with E-state index in [1.807, 2.05) is 0 Å². The van der Waals surface area contributed by atoms with Crippen LogP contribution in [0.1, 0.15) is 10.4 Å². The fraction of sp³-hybridized carbons (Fsp3) is 0.222. The molecular formula is C9H8F2O2. The van der Waals surface area contributed by atoms with Gasteiger partial charge in [-0.3, -0.25) is 4.79 Å². The van der Waals surface area contributed by atoms with Crippen LogP contribution in [0.4, 0.5) is 8.78 Å². The van der Waals surface area contributed by atoms with Gasteiger partial charge in [0.15, 0.2) is 6.67 Å². The smallest absolute Gasteiger partial charge is 0.299 e. The van der Waals surface area contributed by atoms with Crippen LogP contribution < -0.4 is 0 Å². The van der Waals surface area contributed by atoms with Crippen molar-refractivity contribution in [3.05, 3.63) is 35.9 Å². The minimum atomic E-state index is -3.40. The molecule has 1 N–H and O–H groups in total. The number of rotatable bonds is 3. The Hall–Kier alpha value is -1.29. The molecule has 1 aromatic carbocycles. The van der Waals surface area contributed by atoms with E-state index in [-0.39, 0.29) is 5.56 Å². The number of carbonyl (C=O) groups is 1. The molecular weight excluding hydrogens is 178 g/mol. The van der Waals surface area contributed by atoms with E-state index < -0.39 is 18.3 Å². The Bertz CT molecular complexity index is 296. The highest BCUT2D eigenvalue weighted by molar-refractivity contribution is 6.01. The zero-order valence-electron chi connectivity index (χ0n) is 6.71. The predicted molar refractivity (Wildman–Crippen MR) is 42.8 cm³/mol. The summed E-state index contributed by atoms with van der Waals surface area (Å²) >= 11 is 0. The summed E-state index contributed by atoms with van der Waals surface area (Å²) < 4.78 is 24.6. The molecule has 0 spiro atoms. The Morgan fingerprint density at radius 3 is 2.38 bits per heavy atom. The van der Waals surface area contributed by atoms with Crippen LogP contribution >= 0.6 is 0 Å². The number of carbonyl (C=O) groups excluding carboxylic acids is 1. The van der Waals surface area contributed by atoms with Gasteiger partial charge in [0.2, 0.25) is 5.78 Å². The van der Waals surface area contributed by atoms with Crippen LogP contribution in [0.5, 0.6) is 0 Å². The number of aliphatic hydroxyl groups is 1. The molecule has 0 aliphatic heterocycles. The van der Waals surface area contributed by atoms with Crippen molar-refractivity contribution < 1.29 is 18.7 Å². The molecule has 0 heterocycles. The molecule has 0 aliphatic rings. The Balaban J connectivity index is 2.93. The first-order valence-corrected chi connectivity index (χ1v) is 3.65. The lowest BCUT2D eigenvalue weighted by molar-refractivity contribution is -0.0697. The first-order chi connectivity index (χ1) is 6.08. The molecule has 0 aromatic heterocycles. The van der Waals surface area contributed by atoms with Crippen LogP contribution in [-0.2, 0) is 0 Å². The molecule has 1 rings (SSSR count). The number of benzene rings is 1. The molecule has 0 aliphatic carbocycles. The van der Waals surface area contributed by atoms with Crippen molar-refractivity contribution in [2.45, 2.75) is 5.85 Å². The summed E-state index contributed by atoms with van der Waals surface area (Å²) in [6.45, 7) is -1.74. The molecule has 1 atom stereocenters. The molecule has 0 saturated carbocycles. The van der Waals surface area contributed by atoms with Gasteiger partial charge in [-0.2, -0.15) is 0 Å². The fourth-order valence-corrected chi connectivity index (χ4v) is 0.871. The summed E-state index contributed by atoms with van der Waals surface area (Å²) in [5.41, 5.74) is -0.0508. The van der Waals surface area contributed by atoms with Crippen LogP contribution in [0.3, 0.4) is 0 Å². The molecule has 1 unspecified atom stereocenters. The topological polar surface area (TPSA) is 37.3 Å². The Morgan fingerprint density at radius 2 is 1.92 bits per heavy atom. The highest BCUT2D eigenvalue weighted by Crippen LogP contribution is 2.15. The number of hydrogen-bond acceptors (Lipinski definition) is 2. The van der Waals surface area contributed by atoms with Crippen molar-refractivity contribution in [2.75, 3.05) is 6.67 Å². The number of hydrogen-bond donors (Lipinski definition) is 1. The third-order valence-corrected chi connectivity index (χ3v) is 1.56. The Labute approximate surface area is 73.8 Å². The Kier molecular flexibility index (Phi) is 2.72. The number of Topliss-reactive ketones (excluding diaryl/α,β-unsaturated/α-hetero) is 1. The van der Waals surface area contributed by atoms with Gasteiger partial charge in [-0.25, -0.2) is 8.78 Å². The standard InChI is InChI=1S/C9H8F2O2/c10-6-9(11,13)8(12)7-4-2-1-3-5-7/h1-5,13H,6H2. The summed E-state index contributed by atoms with van der Waals surface area (Å²) in [5, 5.41) is 8.65. The highest BCUT2D eigenvalue weighted by Gasteiger charge is 2.36. The van der Waals surface area contributed by atoms with E-state index in [4.69, 9.17) is 5.11 Å². The largest absolute Gasteiger partial charge is 0.354 e. The molecule has 1 aromatic rings. The quantitative estimate of drug-likeness (QED) is 0.726. The summed E-state index contributed by atoms with van der Waals surface area (Å²) in [7, 11) is 0. The maximum atomic E-state index is 12.7. The first-order valence-electron chi connectivity index (χ1n) is 3.65. The molecule has 4 heteroatoms. The third kappa shape index (κ3) is 2.09. The maximum absolute atomic E-state index is 12.7. The van der Waals surface area contributed by atoms with E-state index in [1.165, 1.54) is 24.3 Å². The molecule has 0 radical (unpaired) electrons. The monoisotopic (exact) mass is 186 g/mol. The molecule has 13 heavy (non-hydrogen) atoms. The second kappa shape index (κ2) is 3.62. The lowest BCUT2D eigenvalue weighted by Gasteiger charge is -2.12. The van der Waals surface area contributed by atoms with Crippen molar-refractivity contribution in [1.82, 2.24) is 0 Å². The van der Waals surface area contributed by atoms with E-state index in [0.717, 1.165) is 0 Å².